The summed E-state index contributed by atoms with van der Waals surface area (Å²) in [5.74, 6) is 2.76. The largest absolute Gasteiger partial charge is 0.387 e. The Labute approximate surface area is 114 Å². The van der Waals surface area contributed by atoms with Gasteiger partial charge in [0.1, 0.15) is 0 Å². The molecule has 3 atom stereocenters. The van der Waals surface area contributed by atoms with Gasteiger partial charge in [-0.25, -0.2) is 0 Å². The zero-order valence-electron chi connectivity index (χ0n) is 11.2. The molecule has 3 saturated heterocycles. The molecule has 3 nitrogen and oxygen atoms in total. The molecule has 3 heterocycles. The Kier molecular flexibility index (Phi) is 3.65. The van der Waals surface area contributed by atoms with Gasteiger partial charge in [-0.15, -0.1) is 0 Å². The van der Waals surface area contributed by atoms with E-state index in [1.54, 1.807) is 0 Å². The van der Waals surface area contributed by atoms with E-state index in [4.69, 9.17) is 9.47 Å². The van der Waals surface area contributed by atoms with E-state index in [-0.39, 0.29) is 11.7 Å². The zero-order valence-corrected chi connectivity index (χ0v) is 12.0. The molecule has 3 rings (SSSR count). The van der Waals surface area contributed by atoms with Gasteiger partial charge in [0.25, 0.3) is 0 Å². The molecule has 18 heavy (non-hydrogen) atoms. The average molecular weight is 272 g/mol. The Morgan fingerprint density at radius 3 is 2.61 bits per heavy atom. The summed E-state index contributed by atoms with van der Waals surface area (Å²) in [6, 6.07) is 0. The van der Waals surface area contributed by atoms with Crippen molar-refractivity contribution in [2.24, 2.45) is 5.92 Å². The van der Waals surface area contributed by atoms with Crippen molar-refractivity contribution < 1.29 is 14.6 Å². The van der Waals surface area contributed by atoms with Crippen LogP contribution in [0.15, 0.2) is 0 Å². The molecule has 3 aliphatic rings. The lowest BCUT2D eigenvalue weighted by molar-refractivity contribution is -0.158. The summed E-state index contributed by atoms with van der Waals surface area (Å²) >= 11 is 2.03. The average Bonchev–Trinajstić information content (AvgIpc) is 2.72. The maximum atomic E-state index is 10.9. The summed E-state index contributed by atoms with van der Waals surface area (Å²) in [5.41, 5.74) is -0.548. The number of thioether (sulfide) groups is 1. The Morgan fingerprint density at radius 2 is 1.94 bits per heavy atom. The SMILES string of the molecule is CC1OCCC1(O)C1CCOC2(CCSCC2)C1. The zero-order chi connectivity index (χ0) is 12.6. The van der Waals surface area contributed by atoms with Gasteiger partial charge in [0.05, 0.1) is 17.3 Å². The van der Waals surface area contributed by atoms with E-state index in [1.807, 2.05) is 18.7 Å². The Hall–Kier alpha value is 0.230. The first-order valence-corrected chi connectivity index (χ1v) is 8.36. The van der Waals surface area contributed by atoms with Crippen LogP contribution in [0.3, 0.4) is 0 Å². The van der Waals surface area contributed by atoms with Crippen LogP contribution in [0.2, 0.25) is 0 Å². The quantitative estimate of drug-likeness (QED) is 0.794. The van der Waals surface area contributed by atoms with E-state index >= 15 is 0 Å². The van der Waals surface area contributed by atoms with Crippen molar-refractivity contribution in [1.82, 2.24) is 0 Å². The highest BCUT2D eigenvalue weighted by atomic mass is 32.2. The fourth-order valence-corrected chi connectivity index (χ4v) is 5.07. The first kappa shape index (κ1) is 13.2. The molecule has 3 fully saturated rings. The third kappa shape index (κ3) is 2.21. The predicted molar refractivity (Wildman–Crippen MR) is 72.9 cm³/mol. The molecule has 3 unspecified atom stereocenters. The Balaban J connectivity index is 1.73. The van der Waals surface area contributed by atoms with Crippen molar-refractivity contribution in [2.75, 3.05) is 24.7 Å². The lowest BCUT2D eigenvalue weighted by Crippen LogP contribution is -2.52. The molecule has 104 valence electrons. The van der Waals surface area contributed by atoms with Gasteiger partial charge in [-0.3, -0.25) is 0 Å². The van der Waals surface area contributed by atoms with Crippen LogP contribution in [-0.4, -0.2) is 47.1 Å². The summed E-state index contributed by atoms with van der Waals surface area (Å²) in [5, 5.41) is 10.9. The molecular formula is C14H24O3S. The number of hydrogen-bond donors (Lipinski definition) is 1. The number of ether oxygens (including phenoxy) is 2. The van der Waals surface area contributed by atoms with Crippen LogP contribution < -0.4 is 0 Å². The van der Waals surface area contributed by atoms with E-state index < -0.39 is 5.60 Å². The fraction of sp³-hybridized carbons (Fsp3) is 1.00. The molecule has 0 aliphatic carbocycles. The van der Waals surface area contributed by atoms with Crippen LogP contribution in [0, 0.1) is 5.92 Å². The van der Waals surface area contributed by atoms with E-state index in [9.17, 15) is 5.11 Å². The van der Waals surface area contributed by atoms with Crippen molar-refractivity contribution >= 4 is 11.8 Å². The highest BCUT2D eigenvalue weighted by molar-refractivity contribution is 7.99. The van der Waals surface area contributed by atoms with Gasteiger partial charge in [0.2, 0.25) is 0 Å². The van der Waals surface area contributed by atoms with E-state index in [0.29, 0.717) is 12.5 Å². The minimum Gasteiger partial charge on any atom is -0.387 e. The topological polar surface area (TPSA) is 38.7 Å². The third-order valence-electron chi connectivity index (χ3n) is 5.18. The van der Waals surface area contributed by atoms with Crippen LogP contribution in [-0.2, 0) is 9.47 Å². The smallest absolute Gasteiger partial charge is 0.0957 e. The minimum absolute atomic E-state index is 0.0179. The second-order valence-corrected chi connectivity index (χ2v) is 7.31. The van der Waals surface area contributed by atoms with Crippen molar-refractivity contribution in [3.63, 3.8) is 0 Å². The molecule has 0 bridgehead atoms. The maximum absolute atomic E-state index is 10.9. The summed E-state index contributed by atoms with van der Waals surface area (Å²) in [6.45, 7) is 3.54. The Morgan fingerprint density at radius 1 is 1.17 bits per heavy atom. The molecular weight excluding hydrogens is 248 g/mol. The molecule has 1 N–H and O–H groups in total. The first-order valence-electron chi connectivity index (χ1n) is 7.20. The predicted octanol–water partition coefficient (Wildman–Crippen LogP) is 2.22. The molecule has 0 radical (unpaired) electrons. The summed E-state index contributed by atoms with van der Waals surface area (Å²) in [7, 11) is 0. The second kappa shape index (κ2) is 4.97. The van der Waals surface area contributed by atoms with Crippen molar-refractivity contribution in [2.45, 2.75) is 56.3 Å². The summed E-state index contributed by atoms with van der Waals surface area (Å²) < 4.78 is 11.7. The normalized spacial score (nSPS) is 44.3. The highest BCUT2D eigenvalue weighted by Crippen LogP contribution is 2.46. The van der Waals surface area contributed by atoms with Crippen LogP contribution in [0.4, 0.5) is 0 Å². The standard InChI is InChI=1S/C14H24O3S/c1-11-14(15,3-7-16-11)12-2-6-17-13(10-12)4-8-18-9-5-13/h11-12,15H,2-10H2,1H3. The number of hydrogen-bond acceptors (Lipinski definition) is 4. The van der Waals surface area contributed by atoms with Crippen LogP contribution >= 0.6 is 11.8 Å². The summed E-state index contributed by atoms with van der Waals surface area (Å²) in [4.78, 5) is 0. The molecule has 0 saturated carbocycles. The molecule has 0 aromatic carbocycles. The Bertz CT molecular complexity index is 298. The molecule has 4 heteroatoms. The van der Waals surface area contributed by atoms with Gasteiger partial charge >= 0.3 is 0 Å². The number of aliphatic hydroxyl groups is 1. The molecule has 0 amide bonds. The monoisotopic (exact) mass is 272 g/mol. The van der Waals surface area contributed by atoms with Crippen LogP contribution in [0.5, 0.6) is 0 Å². The minimum atomic E-state index is -0.610. The van der Waals surface area contributed by atoms with Gasteiger partial charge in [-0.2, -0.15) is 11.8 Å². The lowest BCUT2D eigenvalue weighted by atomic mass is 9.71. The van der Waals surface area contributed by atoms with Crippen LogP contribution in [0.1, 0.15) is 39.0 Å². The molecule has 1 spiro atoms. The van der Waals surface area contributed by atoms with Gasteiger partial charge < -0.3 is 14.6 Å². The van der Waals surface area contributed by atoms with Gasteiger partial charge in [0.15, 0.2) is 0 Å². The van der Waals surface area contributed by atoms with E-state index in [1.165, 1.54) is 11.5 Å². The van der Waals surface area contributed by atoms with Crippen molar-refractivity contribution in [3.8, 4) is 0 Å². The molecule has 3 aliphatic heterocycles. The maximum Gasteiger partial charge on any atom is 0.0957 e. The second-order valence-electron chi connectivity index (χ2n) is 6.09. The highest BCUT2D eigenvalue weighted by Gasteiger charge is 2.51. The van der Waals surface area contributed by atoms with E-state index in [0.717, 1.165) is 38.7 Å². The van der Waals surface area contributed by atoms with Gasteiger partial charge in [-0.1, -0.05) is 0 Å². The van der Waals surface area contributed by atoms with Crippen LogP contribution in [0.25, 0.3) is 0 Å². The third-order valence-corrected chi connectivity index (χ3v) is 6.16. The fourth-order valence-electron chi connectivity index (χ4n) is 3.83. The van der Waals surface area contributed by atoms with E-state index in [2.05, 4.69) is 0 Å². The number of rotatable bonds is 1. The van der Waals surface area contributed by atoms with Crippen molar-refractivity contribution in [1.29, 1.82) is 0 Å². The molecule has 0 aromatic rings. The van der Waals surface area contributed by atoms with Gasteiger partial charge in [0, 0.05) is 19.6 Å². The lowest BCUT2D eigenvalue weighted by Gasteiger charge is -2.47. The first-order chi connectivity index (χ1) is 8.65. The summed E-state index contributed by atoms with van der Waals surface area (Å²) in [6.07, 6.45) is 5.09. The molecule has 0 aromatic heterocycles. The van der Waals surface area contributed by atoms with Gasteiger partial charge in [-0.05, 0) is 50.0 Å². The van der Waals surface area contributed by atoms with Crippen molar-refractivity contribution in [3.05, 3.63) is 0 Å².